The average molecular weight is 463 g/mol. The number of carbonyl (C=O) groups is 2. The van der Waals surface area contributed by atoms with Crippen LogP contribution in [0.1, 0.15) is 26.3 Å². The van der Waals surface area contributed by atoms with Crippen molar-refractivity contribution in [2.45, 2.75) is 6.92 Å². The van der Waals surface area contributed by atoms with Gasteiger partial charge in [-0.05, 0) is 49.4 Å². The van der Waals surface area contributed by atoms with Gasteiger partial charge in [-0.2, -0.15) is 5.10 Å². The van der Waals surface area contributed by atoms with Gasteiger partial charge in [-0.1, -0.05) is 41.4 Å². The lowest BCUT2D eigenvalue weighted by molar-refractivity contribution is 0.0961. The lowest BCUT2D eigenvalue weighted by Gasteiger charge is -2.09. The van der Waals surface area contributed by atoms with Crippen molar-refractivity contribution in [2.75, 3.05) is 12.4 Å². The van der Waals surface area contributed by atoms with Gasteiger partial charge in [0.25, 0.3) is 11.8 Å². The molecule has 0 fully saturated rings. The van der Waals surface area contributed by atoms with Crippen molar-refractivity contribution in [3.63, 3.8) is 0 Å². The molecule has 33 heavy (non-hydrogen) atoms. The lowest BCUT2D eigenvalue weighted by atomic mass is 10.1. The standard InChI is InChI=1S/C25H20ClFN4O2/c1-15-3-5-16(6-4-15)23-21(14-31(30-23)19-10-7-17(27)8-11-19)25(33)29-18-9-12-22(26)20(13-18)24(32)28-2/h3-14H,1-2H3,(H,28,32)(H,29,33). The van der Waals surface area contributed by atoms with E-state index in [0.29, 0.717) is 22.6 Å². The summed E-state index contributed by atoms with van der Waals surface area (Å²) in [6, 6.07) is 18.1. The molecule has 0 radical (unpaired) electrons. The van der Waals surface area contributed by atoms with E-state index in [4.69, 9.17) is 11.6 Å². The molecule has 1 aromatic heterocycles. The first kappa shape index (κ1) is 22.2. The van der Waals surface area contributed by atoms with Crippen LogP contribution in [0.25, 0.3) is 16.9 Å². The van der Waals surface area contributed by atoms with Crippen LogP contribution in [0.3, 0.4) is 0 Å². The largest absolute Gasteiger partial charge is 0.355 e. The van der Waals surface area contributed by atoms with Gasteiger partial charge in [-0.15, -0.1) is 0 Å². The number of carbonyl (C=O) groups excluding carboxylic acids is 2. The number of hydrogen-bond donors (Lipinski definition) is 2. The average Bonchev–Trinajstić information content (AvgIpc) is 3.26. The summed E-state index contributed by atoms with van der Waals surface area (Å²) < 4.78 is 14.9. The molecule has 3 aromatic carbocycles. The molecule has 2 amide bonds. The van der Waals surface area contributed by atoms with Crippen molar-refractivity contribution in [1.29, 1.82) is 0 Å². The van der Waals surface area contributed by atoms with E-state index in [0.717, 1.165) is 11.1 Å². The van der Waals surface area contributed by atoms with Crippen LogP contribution >= 0.6 is 11.6 Å². The van der Waals surface area contributed by atoms with Crippen LogP contribution in [0.5, 0.6) is 0 Å². The number of aromatic nitrogens is 2. The van der Waals surface area contributed by atoms with Crippen LogP contribution in [-0.4, -0.2) is 28.6 Å². The molecule has 0 unspecified atom stereocenters. The minimum Gasteiger partial charge on any atom is -0.355 e. The molecule has 0 aliphatic carbocycles. The molecule has 0 spiro atoms. The number of nitrogens with zero attached hydrogens (tertiary/aromatic N) is 2. The second-order valence-electron chi connectivity index (χ2n) is 7.41. The molecule has 4 rings (SSSR count). The Balaban J connectivity index is 1.74. The highest BCUT2D eigenvalue weighted by atomic mass is 35.5. The Morgan fingerprint density at radius 2 is 1.64 bits per heavy atom. The van der Waals surface area contributed by atoms with E-state index in [2.05, 4.69) is 15.7 Å². The Morgan fingerprint density at radius 3 is 2.30 bits per heavy atom. The number of benzene rings is 3. The second kappa shape index (κ2) is 9.26. The maximum absolute atomic E-state index is 13.4. The van der Waals surface area contributed by atoms with E-state index in [1.165, 1.54) is 29.9 Å². The highest BCUT2D eigenvalue weighted by molar-refractivity contribution is 6.34. The summed E-state index contributed by atoms with van der Waals surface area (Å²) in [4.78, 5) is 25.3. The zero-order chi connectivity index (χ0) is 23.5. The number of hydrogen-bond acceptors (Lipinski definition) is 3. The third kappa shape index (κ3) is 4.78. The van der Waals surface area contributed by atoms with Crippen LogP contribution in [0.4, 0.5) is 10.1 Å². The first-order chi connectivity index (χ1) is 15.9. The van der Waals surface area contributed by atoms with Gasteiger partial charge in [0.2, 0.25) is 0 Å². The minimum absolute atomic E-state index is 0.248. The number of rotatable bonds is 5. The van der Waals surface area contributed by atoms with Gasteiger partial charge >= 0.3 is 0 Å². The summed E-state index contributed by atoms with van der Waals surface area (Å²) in [5, 5.41) is 10.2. The Morgan fingerprint density at radius 1 is 0.939 bits per heavy atom. The number of aryl methyl sites for hydroxylation is 1. The second-order valence-corrected chi connectivity index (χ2v) is 7.81. The van der Waals surface area contributed by atoms with E-state index >= 15 is 0 Å². The van der Waals surface area contributed by atoms with E-state index in [1.807, 2.05) is 31.2 Å². The minimum atomic E-state index is -0.413. The molecule has 0 saturated carbocycles. The normalized spacial score (nSPS) is 10.7. The van der Waals surface area contributed by atoms with Crippen molar-refractivity contribution in [3.8, 4) is 16.9 Å². The van der Waals surface area contributed by atoms with Crippen molar-refractivity contribution in [2.24, 2.45) is 0 Å². The summed E-state index contributed by atoms with van der Waals surface area (Å²) in [6.45, 7) is 1.97. The van der Waals surface area contributed by atoms with Gasteiger partial charge in [0.1, 0.15) is 11.5 Å². The quantitative estimate of drug-likeness (QED) is 0.425. The van der Waals surface area contributed by atoms with Crippen LogP contribution in [0.15, 0.2) is 72.9 Å². The predicted octanol–water partition coefficient (Wildman–Crippen LogP) is 5.25. The fourth-order valence-electron chi connectivity index (χ4n) is 3.30. The third-order valence-electron chi connectivity index (χ3n) is 5.07. The zero-order valence-corrected chi connectivity index (χ0v) is 18.7. The molecule has 8 heteroatoms. The van der Waals surface area contributed by atoms with E-state index in [1.54, 1.807) is 30.5 Å². The number of anilines is 1. The van der Waals surface area contributed by atoms with E-state index in [9.17, 15) is 14.0 Å². The van der Waals surface area contributed by atoms with Crippen LogP contribution < -0.4 is 10.6 Å². The van der Waals surface area contributed by atoms with Gasteiger partial charge in [0.15, 0.2) is 0 Å². The SMILES string of the molecule is CNC(=O)c1cc(NC(=O)c2cn(-c3ccc(F)cc3)nc2-c2ccc(C)cc2)ccc1Cl. The van der Waals surface area contributed by atoms with Gasteiger partial charge in [-0.3, -0.25) is 9.59 Å². The van der Waals surface area contributed by atoms with Gasteiger partial charge in [-0.25, -0.2) is 9.07 Å². The number of nitrogens with one attached hydrogen (secondary N) is 2. The summed E-state index contributed by atoms with van der Waals surface area (Å²) >= 11 is 6.11. The van der Waals surface area contributed by atoms with Crippen molar-refractivity contribution >= 4 is 29.1 Å². The fraction of sp³-hybridized carbons (Fsp3) is 0.0800. The molecule has 166 valence electrons. The smallest absolute Gasteiger partial charge is 0.259 e. The number of amides is 2. The summed E-state index contributed by atoms with van der Waals surface area (Å²) in [5.41, 5.74) is 3.89. The molecule has 2 N–H and O–H groups in total. The molecule has 0 saturated heterocycles. The maximum atomic E-state index is 13.4. The van der Waals surface area contributed by atoms with E-state index < -0.39 is 5.91 Å². The van der Waals surface area contributed by atoms with Gasteiger partial charge in [0, 0.05) is 24.5 Å². The molecule has 4 aromatic rings. The topological polar surface area (TPSA) is 76.0 Å². The molecule has 0 aliphatic heterocycles. The Labute approximate surface area is 195 Å². The molecule has 0 aliphatic rings. The van der Waals surface area contributed by atoms with Crippen molar-refractivity contribution in [1.82, 2.24) is 15.1 Å². The highest BCUT2D eigenvalue weighted by Crippen LogP contribution is 2.26. The van der Waals surface area contributed by atoms with Crippen LogP contribution in [0.2, 0.25) is 5.02 Å². The van der Waals surface area contributed by atoms with Gasteiger partial charge in [0.05, 0.1) is 21.8 Å². The monoisotopic (exact) mass is 462 g/mol. The first-order valence-electron chi connectivity index (χ1n) is 10.1. The van der Waals surface area contributed by atoms with Crippen LogP contribution in [0, 0.1) is 12.7 Å². The molecular weight excluding hydrogens is 443 g/mol. The molecule has 0 bridgehead atoms. The van der Waals surface area contributed by atoms with E-state index in [-0.39, 0.29) is 22.3 Å². The summed E-state index contributed by atoms with van der Waals surface area (Å²) in [7, 11) is 1.50. The zero-order valence-electron chi connectivity index (χ0n) is 17.9. The fourth-order valence-corrected chi connectivity index (χ4v) is 3.50. The predicted molar refractivity (Wildman–Crippen MR) is 126 cm³/mol. The third-order valence-corrected chi connectivity index (χ3v) is 5.40. The van der Waals surface area contributed by atoms with Crippen molar-refractivity contribution in [3.05, 3.63) is 100 Å². The van der Waals surface area contributed by atoms with Crippen LogP contribution in [-0.2, 0) is 0 Å². The lowest BCUT2D eigenvalue weighted by Crippen LogP contribution is -2.19. The molecule has 6 nitrogen and oxygen atoms in total. The molecule has 0 atom stereocenters. The van der Waals surface area contributed by atoms with Gasteiger partial charge < -0.3 is 10.6 Å². The Hall–Kier alpha value is -3.97. The number of halogens is 2. The van der Waals surface area contributed by atoms with Crippen molar-refractivity contribution < 1.29 is 14.0 Å². The Kier molecular flexibility index (Phi) is 6.24. The molecular formula is C25H20ClFN4O2. The Bertz CT molecular complexity index is 1330. The highest BCUT2D eigenvalue weighted by Gasteiger charge is 2.20. The molecule has 1 heterocycles. The summed E-state index contributed by atoms with van der Waals surface area (Å²) in [6.07, 6.45) is 1.59. The maximum Gasteiger partial charge on any atom is 0.259 e. The first-order valence-corrected chi connectivity index (χ1v) is 10.5. The summed E-state index contributed by atoms with van der Waals surface area (Å²) in [5.74, 6) is -1.14.